The molecule has 1 heterocycles. The van der Waals surface area contributed by atoms with Gasteiger partial charge in [-0.3, -0.25) is 9.52 Å². The van der Waals surface area contributed by atoms with Crippen LogP contribution in [0, 0.1) is 0 Å². The van der Waals surface area contributed by atoms with E-state index in [0.29, 0.717) is 16.5 Å². The Kier molecular flexibility index (Phi) is 3.91. The Morgan fingerprint density at radius 3 is 2.35 bits per heavy atom. The molecule has 0 unspecified atom stereocenters. The number of rotatable bonds is 4. The molecule has 106 valence electrons. The summed E-state index contributed by atoms with van der Waals surface area (Å²) >= 11 is 1.18. The summed E-state index contributed by atoms with van der Waals surface area (Å²) in [6, 6.07) is 6.26. The number of hydrogen-bond acceptors (Lipinski definition) is 6. The number of hydrogen-bond donors (Lipinski definition) is 3. The Bertz CT molecular complexity index is 722. The summed E-state index contributed by atoms with van der Waals surface area (Å²) in [4.78, 5) is 15.7. The smallest absolute Gasteiger partial charge is 0.275 e. The lowest BCUT2D eigenvalue weighted by Crippen LogP contribution is -2.13. The Balaban J connectivity index is 2.06. The van der Waals surface area contributed by atoms with Gasteiger partial charge in [-0.05, 0) is 24.3 Å². The topological polar surface area (TPSA) is 114 Å². The number of amides is 1. The van der Waals surface area contributed by atoms with Gasteiger partial charge in [-0.25, -0.2) is 13.4 Å². The van der Waals surface area contributed by atoms with Gasteiger partial charge < -0.3 is 11.1 Å². The first kappa shape index (κ1) is 14.3. The van der Waals surface area contributed by atoms with Gasteiger partial charge in [0.1, 0.15) is 5.69 Å². The number of nitrogens with zero attached hydrogens (tertiary/aromatic N) is 1. The summed E-state index contributed by atoms with van der Waals surface area (Å²) in [6.07, 6.45) is 1.06. The lowest BCUT2D eigenvalue weighted by Gasteiger charge is -2.06. The van der Waals surface area contributed by atoms with Gasteiger partial charge in [-0.2, -0.15) is 0 Å². The molecule has 1 aromatic heterocycles. The second kappa shape index (κ2) is 5.47. The largest absolute Gasteiger partial charge is 0.375 e. The van der Waals surface area contributed by atoms with Crippen molar-refractivity contribution >= 4 is 43.8 Å². The number of anilines is 3. The molecule has 0 fully saturated rings. The molecule has 1 amide bonds. The standard InChI is InChI=1S/C11H12N4O3S2/c1-20(17,18)15-8-4-2-7(3-5-8)13-10(16)9-6-19-11(12)14-9/h2-6,15H,1H3,(H2,12,14)(H,13,16). The van der Waals surface area contributed by atoms with E-state index in [9.17, 15) is 13.2 Å². The molecule has 0 saturated heterocycles. The molecule has 20 heavy (non-hydrogen) atoms. The van der Waals surface area contributed by atoms with E-state index in [-0.39, 0.29) is 11.6 Å². The van der Waals surface area contributed by atoms with Crippen LogP contribution in [0.1, 0.15) is 10.5 Å². The van der Waals surface area contributed by atoms with E-state index in [1.165, 1.54) is 11.3 Å². The zero-order valence-corrected chi connectivity index (χ0v) is 12.1. The number of benzene rings is 1. The van der Waals surface area contributed by atoms with Crippen molar-refractivity contribution in [1.82, 2.24) is 4.98 Å². The summed E-state index contributed by atoms with van der Waals surface area (Å²) in [5.74, 6) is -0.373. The summed E-state index contributed by atoms with van der Waals surface area (Å²) in [7, 11) is -3.31. The minimum absolute atomic E-state index is 0.242. The van der Waals surface area contributed by atoms with E-state index in [4.69, 9.17) is 5.73 Å². The number of carbonyl (C=O) groups is 1. The summed E-state index contributed by atoms with van der Waals surface area (Å²) in [6.45, 7) is 0. The Morgan fingerprint density at radius 1 is 1.25 bits per heavy atom. The summed E-state index contributed by atoms with van der Waals surface area (Å²) in [5.41, 5.74) is 6.64. The quantitative estimate of drug-likeness (QED) is 0.788. The van der Waals surface area contributed by atoms with Gasteiger partial charge in [0.25, 0.3) is 5.91 Å². The number of carbonyl (C=O) groups excluding carboxylic acids is 1. The van der Waals surface area contributed by atoms with E-state index in [1.54, 1.807) is 29.6 Å². The van der Waals surface area contributed by atoms with Gasteiger partial charge >= 0.3 is 0 Å². The first-order chi connectivity index (χ1) is 9.33. The Labute approximate surface area is 119 Å². The summed E-state index contributed by atoms with van der Waals surface area (Å²) in [5, 5.41) is 4.52. The minimum Gasteiger partial charge on any atom is -0.375 e. The number of sulfonamides is 1. The molecule has 4 N–H and O–H groups in total. The van der Waals surface area contributed by atoms with Crippen molar-refractivity contribution < 1.29 is 13.2 Å². The van der Waals surface area contributed by atoms with Crippen LogP contribution in [0.4, 0.5) is 16.5 Å². The molecule has 1 aromatic carbocycles. The maximum atomic E-state index is 11.8. The van der Waals surface area contributed by atoms with Crippen LogP contribution in [0.25, 0.3) is 0 Å². The molecular weight excluding hydrogens is 300 g/mol. The first-order valence-electron chi connectivity index (χ1n) is 5.44. The third-order valence-electron chi connectivity index (χ3n) is 2.20. The van der Waals surface area contributed by atoms with Crippen LogP contribution in [0.2, 0.25) is 0 Å². The van der Waals surface area contributed by atoms with E-state index in [2.05, 4.69) is 15.0 Å². The van der Waals surface area contributed by atoms with Crippen LogP contribution in [-0.4, -0.2) is 25.6 Å². The molecule has 0 radical (unpaired) electrons. The van der Waals surface area contributed by atoms with Gasteiger partial charge in [-0.1, -0.05) is 0 Å². The van der Waals surface area contributed by atoms with Crippen LogP contribution in [0.5, 0.6) is 0 Å². The van der Waals surface area contributed by atoms with Crippen LogP contribution >= 0.6 is 11.3 Å². The normalized spacial score (nSPS) is 11.1. The van der Waals surface area contributed by atoms with Crippen molar-refractivity contribution in [2.24, 2.45) is 0 Å². The molecule has 0 aliphatic heterocycles. The molecular formula is C11H12N4O3S2. The average molecular weight is 312 g/mol. The molecule has 0 atom stereocenters. The van der Waals surface area contributed by atoms with Crippen molar-refractivity contribution in [3.05, 3.63) is 35.3 Å². The van der Waals surface area contributed by atoms with E-state index in [0.717, 1.165) is 6.26 Å². The number of nitrogen functional groups attached to an aromatic ring is 1. The van der Waals surface area contributed by atoms with Crippen molar-refractivity contribution in [2.75, 3.05) is 22.0 Å². The SMILES string of the molecule is CS(=O)(=O)Nc1ccc(NC(=O)c2csc(N)n2)cc1. The summed E-state index contributed by atoms with van der Waals surface area (Å²) < 4.78 is 24.4. The second-order valence-electron chi connectivity index (χ2n) is 3.98. The van der Waals surface area contributed by atoms with Crippen molar-refractivity contribution in [3.63, 3.8) is 0 Å². The third-order valence-corrected chi connectivity index (χ3v) is 3.48. The zero-order chi connectivity index (χ0) is 14.8. The van der Waals surface area contributed by atoms with Gasteiger partial charge in [0.2, 0.25) is 10.0 Å². The highest BCUT2D eigenvalue weighted by molar-refractivity contribution is 7.92. The number of aromatic nitrogens is 1. The Morgan fingerprint density at radius 2 is 1.85 bits per heavy atom. The molecule has 0 saturated carbocycles. The fourth-order valence-corrected chi connectivity index (χ4v) is 2.53. The number of thiazole rings is 1. The maximum Gasteiger partial charge on any atom is 0.275 e. The van der Waals surface area contributed by atoms with Crippen molar-refractivity contribution in [3.8, 4) is 0 Å². The van der Waals surface area contributed by atoms with E-state index < -0.39 is 10.0 Å². The predicted octanol–water partition coefficient (Wildman–Crippen LogP) is 1.35. The first-order valence-corrected chi connectivity index (χ1v) is 8.21. The van der Waals surface area contributed by atoms with Crippen molar-refractivity contribution in [2.45, 2.75) is 0 Å². The average Bonchev–Trinajstić information content (AvgIpc) is 2.77. The highest BCUT2D eigenvalue weighted by Crippen LogP contribution is 2.16. The van der Waals surface area contributed by atoms with Gasteiger partial charge in [-0.15, -0.1) is 11.3 Å². The molecule has 2 aromatic rings. The maximum absolute atomic E-state index is 11.8. The molecule has 7 nitrogen and oxygen atoms in total. The van der Waals surface area contributed by atoms with Crippen LogP contribution < -0.4 is 15.8 Å². The molecule has 0 spiro atoms. The molecule has 9 heteroatoms. The minimum atomic E-state index is -3.31. The van der Waals surface area contributed by atoms with Gasteiger partial charge in [0.05, 0.1) is 6.26 Å². The van der Waals surface area contributed by atoms with Crippen LogP contribution in [0.15, 0.2) is 29.6 Å². The zero-order valence-electron chi connectivity index (χ0n) is 10.5. The number of nitrogens with two attached hydrogens (primary N) is 1. The number of nitrogens with one attached hydrogen (secondary N) is 2. The molecule has 2 rings (SSSR count). The van der Waals surface area contributed by atoms with E-state index in [1.807, 2.05) is 0 Å². The highest BCUT2D eigenvalue weighted by Gasteiger charge is 2.10. The highest BCUT2D eigenvalue weighted by atomic mass is 32.2. The lowest BCUT2D eigenvalue weighted by atomic mass is 10.3. The van der Waals surface area contributed by atoms with Gasteiger partial charge in [0.15, 0.2) is 5.13 Å². The molecule has 0 bridgehead atoms. The van der Waals surface area contributed by atoms with Crippen molar-refractivity contribution in [1.29, 1.82) is 0 Å². The van der Waals surface area contributed by atoms with Crippen LogP contribution in [-0.2, 0) is 10.0 Å². The van der Waals surface area contributed by atoms with E-state index >= 15 is 0 Å². The van der Waals surface area contributed by atoms with Gasteiger partial charge in [0, 0.05) is 16.8 Å². The third kappa shape index (κ3) is 3.93. The lowest BCUT2D eigenvalue weighted by molar-refractivity contribution is 0.102. The monoisotopic (exact) mass is 312 g/mol. The molecule has 0 aliphatic rings. The Hall–Kier alpha value is -2.13. The van der Waals surface area contributed by atoms with Crippen LogP contribution in [0.3, 0.4) is 0 Å². The fraction of sp³-hybridized carbons (Fsp3) is 0.0909. The molecule has 0 aliphatic carbocycles. The second-order valence-corrected chi connectivity index (χ2v) is 6.61. The predicted molar refractivity (Wildman–Crippen MR) is 79.4 cm³/mol. The fourth-order valence-electron chi connectivity index (χ4n) is 1.42.